The number of furan rings is 1. The van der Waals surface area contributed by atoms with Crippen LogP contribution in [0.15, 0.2) is 34.7 Å². The van der Waals surface area contributed by atoms with Crippen molar-refractivity contribution in [2.75, 3.05) is 6.54 Å². The molecule has 1 N–H and O–H groups in total. The van der Waals surface area contributed by atoms with Gasteiger partial charge in [0.1, 0.15) is 11.5 Å². The number of nitrogens with one attached hydrogen (secondary N) is 1. The minimum absolute atomic E-state index is 0.220. The molecule has 0 saturated carbocycles. The van der Waals surface area contributed by atoms with E-state index in [0.717, 1.165) is 24.5 Å². The van der Waals surface area contributed by atoms with Crippen LogP contribution < -0.4 is 5.32 Å². The van der Waals surface area contributed by atoms with Gasteiger partial charge in [-0.15, -0.1) is 0 Å². The Morgan fingerprint density at radius 3 is 2.32 bits per heavy atom. The summed E-state index contributed by atoms with van der Waals surface area (Å²) in [5, 5.41) is 3.62. The van der Waals surface area contributed by atoms with E-state index in [0.29, 0.717) is 0 Å². The first-order chi connectivity index (χ1) is 9.11. The third-order valence-electron chi connectivity index (χ3n) is 3.40. The molecule has 0 bridgehead atoms. The van der Waals surface area contributed by atoms with Gasteiger partial charge in [0, 0.05) is 5.56 Å². The fourth-order valence-electron chi connectivity index (χ4n) is 2.39. The highest BCUT2D eigenvalue weighted by Gasteiger charge is 2.18. The van der Waals surface area contributed by atoms with Crippen LogP contribution in [0.25, 0.3) is 0 Å². The maximum atomic E-state index is 5.68. The van der Waals surface area contributed by atoms with Crippen LogP contribution in [0.3, 0.4) is 0 Å². The highest BCUT2D eigenvalue weighted by molar-refractivity contribution is 5.35. The molecule has 1 unspecified atom stereocenters. The van der Waals surface area contributed by atoms with E-state index in [1.807, 2.05) is 13.8 Å². The Kier molecular flexibility index (Phi) is 4.43. The summed E-state index contributed by atoms with van der Waals surface area (Å²) in [5.74, 6) is 1.98. The van der Waals surface area contributed by atoms with Gasteiger partial charge in [-0.3, -0.25) is 0 Å². The Bertz CT molecular complexity index is 525. The van der Waals surface area contributed by atoms with Gasteiger partial charge in [-0.25, -0.2) is 0 Å². The van der Waals surface area contributed by atoms with Crippen molar-refractivity contribution in [3.05, 3.63) is 58.5 Å². The molecule has 1 heterocycles. The second-order valence-corrected chi connectivity index (χ2v) is 5.17. The smallest absolute Gasteiger partial charge is 0.106 e. The number of hydrogen-bond donors (Lipinski definition) is 1. The van der Waals surface area contributed by atoms with Crippen molar-refractivity contribution in [1.82, 2.24) is 5.32 Å². The molecule has 1 aromatic carbocycles. The van der Waals surface area contributed by atoms with Crippen molar-refractivity contribution in [3.8, 4) is 0 Å². The summed E-state index contributed by atoms with van der Waals surface area (Å²) in [5.41, 5.74) is 3.83. The fraction of sp³-hybridized carbons (Fsp3) is 0.412. The summed E-state index contributed by atoms with van der Waals surface area (Å²) in [4.78, 5) is 0. The summed E-state index contributed by atoms with van der Waals surface area (Å²) >= 11 is 0. The highest BCUT2D eigenvalue weighted by atomic mass is 16.3. The van der Waals surface area contributed by atoms with E-state index in [9.17, 15) is 0 Å². The second-order valence-electron chi connectivity index (χ2n) is 5.17. The summed E-state index contributed by atoms with van der Waals surface area (Å²) in [6.45, 7) is 9.35. The quantitative estimate of drug-likeness (QED) is 0.864. The van der Waals surface area contributed by atoms with E-state index >= 15 is 0 Å². The monoisotopic (exact) mass is 257 g/mol. The van der Waals surface area contributed by atoms with Crippen LogP contribution in [0.4, 0.5) is 0 Å². The summed E-state index contributed by atoms with van der Waals surface area (Å²) in [6.07, 6.45) is 1.12. The first-order valence-corrected chi connectivity index (χ1v) is 6.98. The molecule has 0 spiro atoms. The minimum atomic E-state index is 0.220. The van der Waals surface area contributed by atoms with Crippen LogP contribution >= 0.6 is 0 Å². The largest absolute Gasteiger partial charge is 0.466 e. The van der Waals surface area contributed by atoms with Gasteiger partial charge >= 0.3 is 0 Å². The molecule has 102 valence electrons. The molecule has 2 heteroatoms. The molecule has 2 nitrogen and oxygen atoms in total. The van der Waals surface area contributed by atoms with Crippen LogP contribution in [-0.2, 0) is 0 Å². The Hall–Kier alpha value is -1.54. The number of hydrogen-bond acceptors (Lipinski definition) is 2. The number of benzene rings is 1. The lowest BCUT2D eigenvalue weighted by atomic mass is 9.98. The average molecular weight is 257 g/mol. The summed E-state index contributed by atoms with van der Waals surface area (Å²) in [6, 6.07) is 11.1. The van der Waals surface area contributed by atoms with Gasteiger partial charge in [-0.05, 0) is 45.4 Å². The second kappa shape index (κ2) is 6.07. The van der Waals surface area contributed by atoms with Crippen molar-refractivity contribution >= 4 is 0 Å². The summed E-state index contributed by atoms with van der Waals surface area (Å²) in [7, 11) is 0. The lowest BCUT2D eigenvalue weighted by molar-refractivity contribution is 0.493. The van der Waals surface area contributed by atoms with E-state index in [1.54, 1.807) is 0 Å². The van der Waals surface area contributed by atoms with Crippen molar-refractivity contribution in [1.29, 1.82) is 0 Å². The van der Waals surface area contributed by atoms with Gasteiger partial charge in [0.15, 0.2) is 0 Å². The van der Waals surface area contributed by atoms with Crippen molar-refractivity contribution in [2.45, 2.75) is 40.2 Å². The number of rotatable bonds is 5. The molecule has 0 saturated heterocycles. The molecule has 0 aliphatic carbocycles. The Morgan fingerprint density at radius 1 is 1.11 bits per heavy atom. The van der Waals surface area contributed by atoms with Crippen molar-refractivity contribution in [3.63, 3.8) is 0 Å². The first-order valence-electron chi connectivity index (χ1n) is 6.98. The van der Waals surface area contributed by atoms with E-state index in [-0.39, 0.29) is 6.04 Å². The Morgan fingerprint density at radius 2 is 1.79 bits per heavy atom. The lowest BCUT2D eigenvalue weighted by Crippen LogP contribution is -2.23. The summed E-state index contributed by atoms with van der Waals surface area (Å²) < 4.78 is 5.68. The predicted molar refractivity (Wildman–Crippen MR) is 79.5 cm³/mol. The SMILES string of the molecule is CCCNC(c1ccc(C)cc1)c1cc(C)oc1C. The molecule has 0 aliphatic heterocycles. The van der Waals surface area contributed by atoms with Crippen LogP contribution in [-0.4, -0.2) is 6.54 Å². The van der Waals surface area contributed by atoms with Gasteiger partial charge in [-0.2, -0.15) is 0 Å². The van der Waals surface area contributed by atoms with Crippen LogP contribution in [0.5, 0.6) is 0 Å². The molecule has 1 atom stereocenters. The topological polar surface area (TPSA) is 25.2 Å². The van der Waals surface area contributed by atoms with E-state index in [1.165, 1.54) is 16.7 Å². The van der Waals surface area contributed by atoms with Gasteiger partial charge in [0.25, 0.3) is 0 Å². The van der Waals surface area contributed by atoms with Gasteiger partial charge in [0.2, 0.25) is 0 Å². The van der Waals surface area contributed by atoms with Crippen molar-refractivity contribution in [2.24, 2.45) is 0 Å². The van der Waals surface area contributed by atoms with Crippen molar-refractivity contribution < 1.29 is 4.42 Å². The normalized spacial score (nSPS) is 12.6. The zero-order valence-electron chi connectivity index (χ0n) is 12.3. The van der Waals surface area contributed by atoms with Gasteiger partial charge < -0.3 is 9.73 Å². The highest BCUT2D eigenvalue weighted by Crippen LogP contribution is 2.27. The molecule has 2 rings (SSSR count). The van der Waals surface area contributed by atoms with E-state index < -0.39 is 0 Å². The lowest BCUT2D eigenvalue weighted by Gasteiger charge is -2.19. The molecular weight excluding hydrogens is 234 g/mol. The molecular formula is C17H23NO. The third-order valence-corrected chi connectivity index (χ3v) is 3.40. The molecule has 2 aromatic rings. The molecule has 19 heavy (non-hydrogen) atoms. The molecule has 0 fully saturated rings. The predicted octanol–water partition coefficient (Wildman–Crippen LogP) is 4.29. The van der Waals surface area contributed by atoms with E-state index in [2.05, 4.69) is 49.5 Å². The Balaban J connectivity index is 2.35. The molecule has 1 aromatic heterocycles. The maximum Gasteiger partial charge on any atom is 0.106 e. The zero-order chi connectivity index (χ0) is 13.8. The molecule has 0 radical (unpaired) electrons. The molecule has 0 amide bonds. The van der Waals surface area contributed by atoms with E-state index in [4.69, 9.17) is 4.42 Å². The van der Waals surface area contributed by atoms with Crippen LogP contribution in [0, 0.1) is 20.8 Å². The number of aryl methyl sites for hydroxylation is 3. The van der Waals surface area contributed by atoms with Crippen LogP contribution in [0.2, 0.25) is 0 Å². The minimum Gasteiger partial charge on any atom is -0.466 e. The standard InChI is InChI=1S/C17H23NO/c1-5-10-18-17(15-8-6-12(2)7-9-15)16-11-13(3)19-14(16)4/h6-9,11,17-18H,5,10H2,1-4H3. The third kappa shape index (κ3) is 3.27. The van der Waals surface area contributed by atoms with Crippen LogP contribution in [0.1, 0.15) is 47.6 Å². The molecule has 0 aliphatic rings. The Labute approximate surface area is 115 Å². The average Bonchev–Trinajstić information content (AvgIpc) is 2.71. The van der Waals surface area contributed by atoms with Gasteiger partial charge in [0.05, 0.1) is 6.04 Å². The maximum absolute atomic E-state index is 5.68. The fourth-order valence-corrected chi connectivity index (χ4v) is 2.39. The zero-order valence-corrected chi connectivity index (χ0v) is 12.3. The van der Waals surface area contributed by atoms with Gasteiger partial charge in [-0.1, -0.05) is 36.8 Å². The first kappa shape index (κ1) is 13.9.